The lowest BCUT2D eigenvalue weighted by atomic mass is 10.0. The molecule has 6 nitrogen and oxygen atoms in total. The van der Waals surface area contributed by atoms with Gasteiger partial charge >= 0.3 is 24.5 Å². The monoisotopic (exact) mass is 782 g/mol. The number of benzene rings is 4. The molecule has 0 unspecified atom stereocenters. The van der Waals surface area contributed by atoms with E-state index in [4.69, 9.17) is 9.47 Å². The molecule has 0 saturated heterocycles. The zero-order chi connectivity index (χ0) is 39.4. The van der Waals surface area contributed by atoms with Gasteiger partial charge in [-0.1, -0.05) is 36.4 Å². The highest BCUT2D eigenvalue weighted by molar-refractivity contribution is 7.97. The minimum Gasteiger partial charge on any atom is -0.744 e. The molecular formula is C35H31F9O6S2. The largest absolute Gasteiger partial charge is 0.744 e. The summed E-state index contributed by atoms with van der Waals surface area (Å²) in [4.78, 5) is 13.0. The maximum absolute atomic E-state index is 12.6. The van der Waals surface area contributed by atoms with Crippen LogP contribution in [-0.4, -0.2) is 31.1 Å². The van der Waals surface area contributed by atoms with Crippen LogP contribution in [0.15, 0.2) is 105 Å². The molecule has 4 aromatic rings. The van der Waals surface area contributed by atoms with Gasteiger partial charge < -0.3 is 14.0 Å². The summed E-state index contributed by atoms with van der Waals surface area (Å²) in [5.41, 5.74) is -6.28. The summed E-state index contributed by atoms with van der Waals surface area (Å²) in [6.07, 6.45) is -17.5. The molecule has 0 N–H and O–H groups in total. The molecule has 0 spiro atoms. The van der Waals surface area contributed by atoms with Crippen LogP contribution in [0, 0.1) is 13.8 Å². The molecule has 4 rings (SSSR count). The van der Waals surface area contributed by atoms with Gasteiger partial charge in [-0.05, 0) is 83.1 Å². The second kappa shape index (κ2) is 15.8. The third-order valence-corrected chi connectivity index (χ3v) is 10.1. The standard InChI is InChI=1S/C26H29O3S.C9H3F9O3S/c1-19-16-21(28-18-24(27)29-26(3,4)5)17-20(2)25(19)30(22-12-8-6-9-13-22)23-14-10-7-11-15-23;10-7(11,12)3-1-4(8(13,14)15)6(22(19,20)21)5(2-3)9(16,17)18/h6-17H,18H2,1-5H3;1-2H,(H,19,20,21)/q+1;/p-1. The first-order chi connectivity index (χ1) is 23.7. The first kappa shape index (κ1) is 42.2. The van der Waals surface area contributed by atoms with E-state index in [-0.39, 0.29) is 23.5 Å². The summed E-state index contributed by atoms with van der Waals surface area (Å²) in [5.74, 6) is 0.319. The van der Waals surface area contributed by atoms with Crippen molar-refractivity contribution in [3.63, 3.8) is 0 Å². The number of hydrogen-bond donors (Lipinski definition) is 0. The van der Waals surface area contributed by atoms with Crippen LogP contribution in [0.4, 0.5) is 39.5 Å². The molecule has 0 aromatic heterocycles. The smallest absolute Gasteiger partial charge is 0.417 e. The van der Waals surface area contributed by atoms with Crippen molar-refractivity contribution in [2.24, 2.45) is 0 Å². The summed E-state index contributed by atoms with van der Waals surface area (Å²) in [6.45, 7) is 9.66. The van der Waals surface area contributed by atoms with Gasteiger partial charge in [0.15, 0.2) is 21.3 Å². The maximum atomic E-state index is 12.6. The number of hydrogen-bond acceptors (Lipinski definition) is 6. The second-order valence-electron chi connectivity index (χ2n) is 12.0. The molecular weight excluding hydrogens is 751 g/mol. The first-order valence-electron chi connectivity index (χ1n) is 14.9. The Morgan fingerprint density at radius 1 is 0.692 bits per heavy atom. The minimum absolute atomic E-state index is 0.0986. The summed E-state index contributed by atoms with van der Waals surface area (Å²) < 4.78 is 156. The number of esters is 1. The molecule has 0 amide bonds. The Labute approximate surface area is 296 Å². The van der Waals surface area contributed by atoms with Crippen molar-refractivity contribution in [1.29, 1.82) is 0 Å². The lowest BCUT2D eigenvalue weighted by Gasteiger charge is -2.22. The second-order valence-corrected chi connectivity index (χ2v) is 15.3. The average molecular weight is 783 g/mol. The molecule has 0 atom stereocenters. The minimum atomic E-state index is -6.35. The Balaban J connectivity index is 0.000000295. The van der Waals surface area contributed by atoms with E-state index in [1.807, 2.05) is 45.0 Å². The molecule has 0 aliphatic rings. The Hall–Kier alpha value is -4.22. The predicted molar refractivity (Wildman–Crippen MR) is 172 cm³/mol. The lowest BCUT2D eigenvalue weighted by molar-refractivity contribution is -0.157. The van der Waals surface area contributed by atoms with Crippen molar-refractivity contribution in [1.82, 2.24) is 0 Å². The van der Waals surface area contributed by atoms with Gasteiger partial charge in [0.1, 0.15) is 21.5 Å². The van der Waals surface area contributed by atoms with Crippen LogP contribution in [0.2, 0.25) is 0 Å². The number of alkyl halides is 9. The van der Waals surface area contributed by atoms with E-state index < -0.39 is 68.0 Å². The molecule has 0 aliphatic heterocycles. The molecule has 0 bridgehead atoms. The fourth-order valence-electron chi connectivity index (χ4n) is 4.80. The SMILES string of the molecule is Cc1cc(OCC(=O)OC(C)(C)C)cc(C)c1[S+](c1ccccc1)c1ccccc1.O=S(=O)([O-])c1c(C(F)(F)F)cc(C(F)(F)F)cc1C(F)(F)F. The number of ether oxygens (including phenoxy) is 2. The Morgan fingerprint density at radius 2 is 1.10 bits per heavy atom. The van der Waals surface area contributed by atoms with Crippen LogP contribution in [0.25, 0.3) is 0 Å². The fourth-order valence-corrected chi connectivity index (χ4v) is 8.05. The zero-order valence-electron chi connectivity index (χ0n) is 28.0. The van der Waals surface area contributed by atoms with Gasteiger partial charge in [-0.25, -0.2) is 13.2 Å². The molecule has 282 valence electrons. The third kappa shape index (κ3) is 11.4. The molecule has 0 aliphatic carbocycles. The highest BCUT2D eigenvalue weighted by Crippen LogP contribution is 2.45. The van der Waals surface area contributed by atoms with Crippen LogP contribution in [-0.2, 0) is 49.1 Å². The molecule has 0 heterocycles. The number of rotatable bonds is 7. The van der Waals surface area contributed by atoms with Gasteiger partial charge in [-0.2, -0.15) is 39.5 Å². The van der Waals surface area contributed by atoms with Crippen molar-refractivity contribution in [3.05, 3.63) is 113 Å². The number of aryl methyl sites for hydroxylation is 2. The van der Waals surface area contributed by atoms with Gasteiger partial charge in [0.2, 0.25) is 0 Å². The van der Waals surface area contributed by atoms with Crippen molar-refractivity contribution >= 4 is 27.0 Å². The maximum Gasteiger partial charge on any atom is 0.417 e. The number of carbonyl (C=O) groups is 1. The van der Waals surface area contributed by atoms with E-state index in [0.717, 1.165) is 11.1 Å². The van der Waals surface area contributed by atoms with Crippen molar-refractivity contribution < 1.29 is 66.8 Å². The van der Waals surface area contributed by atoms with Crippen molar-refractivity contribution in [2.45, 2.75) is 78.3 Å². The fraction of sp³-hybridized carbons (Fsp3) is 0.286. The summed E-state index contributed by atoms with van der Waals surface area (Å²) in [6, 6.07) is 23.5. The highest BCUT2D eigenvalue weighted by Gasteiger charge is 2.46. The zero-order valence-corrected chi connectivity index (χ0v) is 29.6. The average Bonchev–Trinajstić information content (AvgIpc) is 3.00. The van der Waals surface area contributed by atoms with Crippen molar-refractivity contribution in [3.8, 4) is 5.75 Å². The van der Waals surface area contributed by atoms with Crippen LogP contribution >= 0.6 is 0 Å². The van der Waals surface area contributed by atoms with Gasteiger partial charge in [-0.15, -0.1) is 0 Å². The summed E-state index contributed by atoms with van der Waals surface area (Å²) in [7, 11) is -6.57. The molecule has 0 radical (unpaired) electrons. The summed E-state index contributed by atoms with van der Waals surface area (Å²) >= 11 is 0. The van der Waals surface area contributed by atoms with E-state index in [1.165, 1.54) is 14.7 Å². The quantitative estimate of drug-likeness (QED) is 0.0803. The number of carbonyl (C=O) groups excluding carboxylic acids is 1. The molecule has 0 saturated carbocycles. The van der Waals surface area contributed by atoms with Crippen LogP contribution in [0.1, 0.15) is 48.6 Å². The summed E-state index contributed by atoms with van der Waals surface area (Å²) in [5, 5.41) is 0. The van der Waals surface area contributed by atoms with E-state index in [0.29, 0.717) is 5.75 Å². The van der Waals surface area contributed by atoms with Gasteiger partial charge in [0.05, 0.1) is 32.5 Å². The van der Waals surface area contributed by atoms with Gasteiger partial charge in [0, 0.05) is 11.1 Å². The van der Waals surface area contributed by atoms with E-state index in [2.05, 4.69) is 62.4 Å². The molecule has 0 fully saturated rings. The molecule has 52 heavy (non-hydrogen) atoms. The van der Waals surface area contributed by atoms with E-state index >= 15 is 0 Å². The number of halogens is 9. The predicted octanol–water partition coefficient (Wildman–Crippen LogP) is 9.77. The van der Waals surface area contributed by atoms with Gasteiger partial charge in [-0.3, -0.25) is 0 Å². The lowest BCUT2D eigenvalue weighted by Crippen LogP contribution is -2.27. The van der Waals surface area contributed by atoms with Crippen LogP contribution in [0.3, 0.4) is 0 Å². The van der Waals surface area contributed by atoms with Crippen molar-refractivity contribution in [2.75, 3.05) is 6.61 Å². The Morgan fingerprint density at radius 3 is 1.42 bits per heavy atom. The first-order valence-corrected chi connectivity index (χ1v) is 17.5. The normalized spacial score (nSPS) is 12.6. The third-order valence-electron chi connectivity index (χ3n) is 6.65. The molecule has 17 heteroatoms. The Kier molecular flexibility index (Phi) is 12.8. The van der Waals surface area contributed by atoms with Crippen LogP contribution < -0.4 is 4.74 Å². The molecule has 4 aromatic carbocycles. The van der Waals surface area contributed by atoms with Crippen LogP contribution in [0.5, 0.6) is 5.75 Å². The highest BCUT2D eigenvalue weighted by atomic mass is 32.2. The van der Waals surface area contributed by atoms with Gasteiger partial charge in [0.25, 0.3) is 0 Å². The topological polar surface area (TPSA) is 92.7 Å². The Bertz CT molecular complexity index is 1870. The van der Waals surface area contributed by atoms with E-state index in [9.17, 15) is 57.3 Å². The van der Waals surface area contributed by atoms with E-state index in [1.54, 1.807) is 0 Å².